The number of carbonyl (C=O) groups excluding carboxylic acids is 1. The summed E-state index contributed by atoms with van der Waals surface area (Å²) < 4.78 is 5.45. The highest BCUT2D eigenvalue weighted by Crippen LogP contribution is 2.30. The van der Waals surface area contributed by atoms with Crippen LogP contribution < -0.4 is 0 Å². The molecule has 1 aliphatic rings. The highest BCUT2D eigenvalue weighted by Gasteiger charge is 2.33. The zero-order valence-corrected chi connectivity index (χ0v) is 13.4. The van der Waals surface area contributed by atoms with E-state index in [1.807, 2.05) is 30.3 Å². The van der Waals surface area contributed by atoms with Gasteiger partial charge >= 0.3 is 0 Å². The molecule has 0 unspecified atom stereocenters. The lowest BCUT2D eigenvalue weighted by molar-refractivity contribution is -0.132. The summed E-state index contributed by atoms with van der Waals surface area (Å²) in [6.45, 7) is 0.384. The molecule has 0 radical (unpaired) electrons. The van der Waals surface area contributed by atoms with Gasteiger partial charge in [0.25, 0.3) is 0 Å². The number of hydrogen-bond donors (Lipinski definition) is 1. The topological polar surface area (TPSA) is 66.6 Å². The quantitative estimate of drug-likeness (QED) is 0.921. The monoisotopic (exact) mass is 314 g/mol. The van der Waals surface area contributed by atoms with Crippen LogP contribution in [0.1, 0.15) is 31.4 Å². The van der Waals surface area contributed by atoms with Crippen LogP contribution in [0.15, 0.2) is 41.0 Å². The first kappa shape index (κ1) is 15.7. The third kappa shape index (κ3) is 3.79. The molecule has 1 aromatic carbocycles. The van der Waals surface area contributed by atoms with Crippen molar-refractivity contribution in [2.75, 3.05) is 13.6 Å². The summed E-state index contributed by atoms with van der Waals surface area (Å²) in [4.78, 5) is 18.3. The number of aromatic nitrogens is 1. The van der Waals surface area contributed by atoms with Crippen LogP contribution in [-0.4, -0.2) is 40.1 Å². The summed E-state index contributed by atoms with van der Waals surface area (Å²) in [6, 6.07) is 9.60. The van der Waals surface area contributed by atoms with Crippen molar-refractivity contribution in [2.24, 2.45) is 0 Å². The van der Waals surface area contributed by atoms with Crippen LogP contribution in [0.2, 0.25) is 0 Å². The van der Waals surface area contributed by atoms with Crippen molar-refractivity contribution in [1.29, 1.82) is 0 Å². The first-order chi connectivity index (χ1) is 11.1. The molecule has 3 rings (SSSR count). The van der Waals surface area contributed by atoms with Crippen LogP contribution >= 0.6 is 0 Å². The first-order valence-electron chi connectivity index (χ1n) is 8.02. The van der Waals surface area contributed by atoms with Crippen molar-refractivity contribution in [3.05, 3.63) is 42.3 Å². The van der Waals surface area contributed by atoms with Crippen LogP contribution in [0.5, 0.6) is 0 Å². The van der Waals surface area contributed by atoms with E-state index in [0.29, 0.717) is 18.1 Å². The molecule has 0 saturated heterocycles. The summed E-state index contributed by atoms with van der Waals surface area (Å²) in [6.07, 6.45) is 5.31. The average molecular weight is 314 g/mol. The van der Waals surface area contributed by atoms with E-state index in [1.165, 1.54) is 6.26 Å². The van der Waals surface area contributed by atoms with E-state index in [0.717, 1.165) is 31.2 Å². The van der Waals surface area contributed by atoms with Gasteiger partial charge in [-0.1, -0.05) is 31.0 Å². The van der Waals surface area contributed by atoms with Gasteiger partial charge in [0.15, 0.2) is 0 Å². The number of carbonyl (C=O) groups is 1. The number of hydrogen-bond acceptors (Lipinski definition) is 4. The maximum atomic E-state index is 12.3. The second kappa shape index (κ2) is 6.54. The van der Waals surface area contributed by atoms with E-state index in [1.54, 1.807) is 11.9 Å². The number of rotatable bonds is 5. The minimum absolute atomic E-state index is 0.0572. The van der Waals surface area contributed by atoms with Gasteiger partial charge < -0.3 is 14.4 Å². The van der Waals surface area contributed by atoms with Gasteiger partial charge in [0, 0.05) is 19.2 Å². The standard InChI is InChI=1S/C18H22N2O3/c1-20(13-18(22)9-5-6-10-18)16(21)11-15-12-23-17(19-15)14-7-3-2-4-8-14/h2-4,7-8,12,22H,5-6,9-11,13H2,1H3. The zero-order valence-electron chi connectivity index (χ0n) is 13.4. The molecule has 1 aromatic heterocycles. The third-order valence-electron chi connectivity index (χ3n) is 4.40. The summed E-state index contributed by atoms with van der Waals surface area (Å²) in [5.74, 6) is 0.462. The third-order valence-corrected chi connectivity index (χ3v) is 4.40. The SMILES string of the molecule is CN(CC1(O)CCCC1)C(=O)Cc1coc(-c2ccccc2)n1. The Labute approximate surface area is 135 Å². The molecule has 1 amide bonds. The molecular formula is C18H22N2O3. The maximum Gasteiger partial charge on any atom is 0.228 e. The van der Waals surface area contributed by atoms with Crippen LogP contribution in [0.25, 0.3) is 11.5 Å². The molecule has 5 nitrogen and oxygen atoms in total. The van der Waals surface area contributed by atoms with E-state index < -0.39 is 5.60 Å². The van der Waals surface area contributed by atoms with Crippen molar-refractivity contribution < 1.29 is 14.3 Å². The molecule has 1 fully saturated rings. The summed E-state index contributed by atoms with van der Waals surface area (Å²) in [7, 11) is 1.73. The molecule has 0 bridgehead atoms. The molecule has 2 aromatic rings. The number of nitrogens with zero attached hydrogens (tertiary/aromatic N) is 2. The predicted octanol–water partition coefficient (Wildman–Crippen LogP) is 2.65. The number of likely N-dealkylation sites (N-methyl/N-ethyl adjacent to an activating group) is 1. The minimum atomic E-state index is -0.719. The molecule has 0 aliphatic heterocycles. The zero-order chi connectivity index (χ0) is 16.3. The van der Waals surface area contributed by atoms with Gasteiger partial charge in [-0.05, 0) is 25.0 Å². The van der Waals surface area contributed by atoms with E-state index >= 15 is 0 Å². The van der Waals surface area contributed by atoms with Gasteiger partial charge in [0.05, 0.1) is 17.7 Å². The minimum Gasteiger partial charge on any atom is -0.444 e. The van der Waals surface area contributed by atoms with Gasteiger partial charge in [-0.3, -0.25) is 4.79 Å². The predicted molar refractivity (Wildman–Crippen MR) is 86.7 cm³/mol. The Kier molecular flexibility index (Phi) is 4.48. The molecule has 122 valence electrons. The number of aliphatic hydroxyl groups is 1. The second-order valence-corrected chi connectivity index (χ2v) is 6.37. The molecule has 1 N–H and O–H groups in total. The Morgan fingerprint density at radius 2 is 2.00 bits per heavy atom. The van der Waals surface area contributed by atoms with Gasteiger partial charge in [0.1, 0.15) is 6.26 Å². The summed E-state index contributed by atoms with van der Waals surface area (Å²) >= 11 is 0. The maximum absolute atomic E-state index is 12.3. The normalized spacial score (nSPS) is 16.4. The van der Waals surface area contributed by atoms with Gasteiger partial charge in [0.2, 0.25) is 11.8 Å². The smallest absolute Gasteiger partial charge is 0.228 e. The van der Waals surface area contributed by atoms with Crippen molar-refractivity contribution >= 4 is 5.91 Å². The fourth-order valence-corrected chi connectivity index (χ4v) is 3.11. The van der Waals surface area contributed by atoms with Crippen LogP contribution in [-0.2, 0) is 11.2 Å². The van der Waals surface area contributed by atoms with Gasteiger partial charge in [-0.2, -0.15) is 0 Å². The van der Waals surface area contributed by atoms with Gasteiger partial charge in [-0.15, -0.1) is 0 Å². The van der Waals surface area contributed by atoms with Crippen LogP contribution in [0, 0.1) is 0 Å². The van der Waals surface area contributed by atoms with Crippen LogP contribution in [0.4, 0.5) is 0 Å². The number of oxazole rings is 1. The molecule has 23 heavy (non-hydrogen) atoms. The Hall–Kier alpha value is -2.14. The van der Waals surface area contributed by atoms with Gasteiger partial charge in [-0.25, -0.2) is 4.98 Å². The lowest BCUT2D eigenvalue weighted by atomic mass is 10.0. The van der Waals surface area contributed by atoms with E-state index in [2.05, 4.69) is 4.98 Å². The molecular weight excluding hydrogens is 292 g/mol. The van der Waals surface area contributed by atoms with Crippen molar-refractivity contribution in [3.8, 4) is 11.5 Å². The highest BCUT2D eigenvalue weighted by atomic mass is 16.3. The van der Waals surface area contributed by atoms with Crippen molar-refractivity contribution in [2.45, 2.75) is 37.7 Å². The van der Waals surface area contributed by atoms with E-state index in [4.69, 9.17) is 4.42 Å². The Morgan fingerprint density at radius 1 is 1.30 bits per heavy atom. The first-order valence-corrected chi connectivity index (χ1v) is 8.02. The lowest BCUT2D eigenvalue weighted by Crippen LogP contribution is -2.42. The Balaban J connectivity index is 1.61. The van der Waals surface area contributed by atoms with Crippen molar-refractivity contribution in [3.63, 3.8) is 0 Å². The number of benzene rings is 1. The highest BCUT2D eigenvalue weighted by molar-refractivity contribution is 5.78. The Bertz CT molecular complexity index is 660. The Morgan fingerprint density at radius 3 is 2.70 bits per heavy atom. The molecule has 1 heterocycles. The molecule has 5 heteroatoms. The molecule has 0 atom stereocenters. The average Bonchev–Trinajstić information content (AvgIpc) is 3.17. The lowest BCUT2D eigenvalue weighted by Gasteiger charge is -2.28. The molecule has 1 saturated carbocycles. The van der Waals surface area contributed by atoms with E-state index in [-0.39, 0.29) is 12.3 Å². The van der Waals surface area contributed by atoms with Crippen LogP contribution in [0.3, 0.4) is 0 Å². The van der Waals surface area contributed by atoms with E-state index in [9.17, 15) is 9.90 Å². The van der Waals surface area contributed by atoms with Crippen molar-refractivity contribution in [1.82, 2.24) is 9.88 Å². The largest absolute Gasteiger partial charge is 0.444 e. The second-order valence-electron chi connectivity index (χ2n) is 6.37. The molecule has 0 spiro atoms. The fraction of sp³-hybridized carbons (Fsp3) is 0.444. The number of amides is 1. The summed E-state index contributed by atoms with van der Waals surface area (Å²) in [5.41, 5.74) is 0.780. The molecule has 1 aliphatic carbocycles. The summed E-state index contributed by atoms with van der Waals surface area (Å²) in [5, 5.41) is 10.4. The fourth-order valence-electron chi connectivity index (χ4n) is 3.11.